The van der Waals surface area contributed by atoms with E-state index in [2.05, 4.69) is 20.6 Å². The van der Waals surface area contributed by atoms with E-state index in [9.17, 15) is 4.79 Å². The number of hydrogen-bond donors (Lipinski definition) is 2. The second kappa shape index (κ2) is 7.02. The topological polar surface area (TPSA) is 76.1 Å². The Labute approximate surface area is 144 Å². The van der Waals surface area contributed by atoms with E-state index in [4.69, 9.17) is 27.9 Å². The summed E-state index contributed by atoms with van der Waals surface area (Å²) in [5.41, 5.74) is 0.682. The lowest BCUT2D eigenvalue weighted by Crippen LogP contribution is -2.27. The fraction of sp³-hybridized carbons (Fsp3) is 0.267. The van der Waals surface area contributed by atoms with Crippen molar-refractivity contribution in [1.29, 1.82) is 0 Å². The molecule has 0 saturated carbocycles. The lowest BCUT2D eigenvalue weighted by Gasteiger charge is -2.19. The van der Waals surface area contributed by atoms with Gasteiger partial charge in [0.1, 0.15) is 10.6 Å². The van der Waals surface area contributed by atoms with Gasteiger partial charge in [0.2, 0.25) is 5.28 Å². The zero-order chi connectivity index (χ0) is 17.0. The van der Waals surface area contributed by atoms with Gasteiger partial charge in [0.05, 0.1) is 6.20 Å². The normalized spacial score (nSPS) is 11.0. The molecule has 0 atom stereocenters. The Balaban J connectivity index is 2.11. The predicted octanol–water partition coefficient (Wildman–Crippen LogP) is 4.87. The van der Waals surface area contributed by atoms with E-state index in [1.165, 1.54) is 6.20 Å². The van der Waals surface area contributed by atoms with Crippen LogP contribution in [0, 0.1) is 0 Å². The van der Waals surface area contributed by atoms with Gasteiger partial charge in [-0.3, -0.25) is 5.32 Å². The number of ether oxygens (including phenoxy) is 1. The number of amides is 1. The number of carbonyl (C=O) groups excluding carboxylic acids is 1. The summed E-state index contributed by atoms with van der Waals surface area (Å²) in [5.74, 6) is 0.376. The molecular formula is C15H16Cl2N4O2. The fourth-order valence-corrected chi connectivity index (χ4v) is 1.94. The van der Waals surface area contributed by atoms with Crippen LogP contribution < -0.4 is 10.6 Å². The summed E-state index contributed by atoms with van der Waals surface area (Å²) in [4.78, 5) is 19.6. The van der Waals surface area contributed by atoms with Gasteiger partial charge in [0, 0.05) is 11.4 Å². The van der Waals surface area contributed by atoms with Crippen LogP contribution in [0.15, 0.2) is 30.5 Å². The first-order chi connectivity index (χ1) is 10.7. The number of halogens is 2. The van der Waals surface area contributed by atoms with Crippen molar-refractivity contribution in [3.8, 4) is 0 Å². The van der Waals surface area contributed by atoms with Crippen LogP contribution in [0.25, 0.3) is 0 Å². The number of aromatic nitrogens is 2. The maximum Gasteiger partial charge on any atom is 0.412 e. The molecule has 23 heavy (non-hydrogen) atoms. The SMILES string of the molecule is CC(C)(C)OC(=O)Nc1cccc(Nc2nc(Cl)ncc2Cl)c1. The van der Waals surface area contributed by atoms with Crippen molar-refractivity contribution in [2.45, 2.75) is 26.4 Å². The van der Waals surface area contributed by atoms with E-state index in [1.807, 2.05) is 0 Å². The average Bonchev–Trinajstić information content (AvgIpc) is 2.41. The monoisotopic (exact) mass is 354 g/mol. The van der Waals surface area contributed by atoms with Crippen molar-refractivity contribution in [3.05, 3.63) is 40.8 Å². The van der Waals surface area contributed by atoms with E-state index < -0.39 is 11.7 Å². The zero-order valence-electron chi connectivity index (χ0n) is 12.9. The summed E-state index contributed by atoms with van der Waals surface area (Å²) in [5, 5.41) is 6.09. The number of anilines is 3. The Kier molecular flexibility index (Phi) is 5.28. The third-order valence-electron chi connectivity index (χ3n) is 2.49. The van der Waals surface area contributed by atoms with E-state index in [-0.39, 0.29) is 5.28 Å². The predicted molar refractivity (Wildman–Crippen MR) is 91.6 cm³/mol. The maximum absolute atomic E-state index is 11.8. The fourth-order valence-electron chi connectivity index (χ4n) is 1.67. The molecule has 0 aliphatic heterocycles. The van der Waals surface area contributed by atoms with Gasteiger partial charge in [0.25, 0.3) is 0 Å². The van der Waals surface area contributed by atoms with Crippen LogP contribution in [0.3, 0.4) is 0 Å². The Morgan fingerprint density at radius 1 is 1.22 bits per heavy atom. The molecule has 2 rings (SSSR count). The van der Waals surface area contributed by atoms with E-state index in [0.717, 1.165) is 0 Å². The molecule has 2 N–H and O–H groups in total. The molecule has 0 saturated heterocycles. The molecule has 1 amide bonds. The van der Waals surface area contributed by atoms with Crippen LogP contribution in [0.2, 0.25) is 10.3 Å². The van der Waals surface area contributed by atoms with Crippen molar-refractivity contribution < 1.29 is 9.53 Å². The molecule has 1 aromatic carbocycles. The van der Waals surface area contributed by atoms with Gasteiger partial charge in [-0.1, -0.05) is 17.7 Å². The molecule has 0 aliphatic rings. The van der Waals surface area contributed by atoms with Gasteiger partial charge in [-0.25, -0.2) is 9.78 Å². The minimum absolute atomic E-state index is 0.0833. The van der Waals surface area contributed by atoms with Gasteiger partial charge in [0.15, 0.2) is 5.82 Å². The molecule has 1 aromatic heterocycles. The van der Waals surface area contributed by atoms with Gasteiger partial charge >= 0.3 is 6.09 Å². The van der Waals surface area contributed by atoms with Crippen LogP contribution in [-0.2, 0) is 4.74 Å². The van der Waals surface area contributed by atoms with Crippen LogP contribution in [0.4, 0.5) is 22.0 Å². The summed E-state index contributed by atoms with van der Waals surface area (Å²) >= 11 is 11.8. The number of hydrogen-bond acceptors (Lipinski definition) is 5. The zero-order valence-corrected chi connectivity index (χ0v) is 14.4. The molecule has 122 valence electrons. The highest BCUT2D eigenvalue weighted by Gasteiger charge is 2.16. The van der Waals surface area contributed by atoms with Crippen molar-refractivity contribution in [1.82, 2.24) is 9.97 Å². The molecular weight excluding hydrogens is 339 g/mol. The third kappa shape index (κ3) is 5.58. The second-order valence-corrected chi connectivity index (χ2v) is 6.41. The number of nitrogens with one attached hydrogen (secondary N) is 2. The largest absolute Gasteiger partial charge is 0.444 e. The minimum Gasteiger partial charge on any atom is -0.444 e. The van der Waals surface area contributed by atoms with Crippen LogP contribution in [0.5, 0.6) is 0 Å². The minimum atomic E-state index is -0.564. The summed E-state index contributed by atoms with van der Waals surface area (Å²) in [7, 11) is 0. The van der Waals surface area contributed by atoms with Crippen molar-refractivity contribution in [2.75, 3.05) is 10.6 Å². The average molecular weight is 355 g/mol. The maximum atomic E-state index is 11.8. The summed E-state index contributed by atoms with van der Waals surface area (Å²) in [6, 6.07) is 7.03. The van der Waals surface area contributed by atoms with Crippen LogP contribution >= 0.6 is 23.2 Å². The van der Waals surface area contributed by atoms with Crippen molar-refractivity contribution in [2.24, 2.45) is 0 Å². The van der Waals surface area contributed by atoms with Gasteiger partial charge < -0.3 is 10.1 Å². The second-order valence-electron chi connectivity index (χ2n) is 5.67. The van der Waals surface area contributed by atoms with Crippen molar-refractivity contribution >= 4 is 46.5 Å². The number of benzene rings is 1. The van der Waals surface area contributed by atoms with E-state index >= 15 is 0 Å². The lowest BCUT2D eigenvalue weighted by molar-refractivity contribution is 0.0636. The van der Waals surface area contributed by atoms with Crippen LogP contribution in [0.1, 0.15) is 20.8 Å². The summed E-state index contributed by atoms with van der Waals surface area (Å²) in [6.07, 6.45) is 0.875. The summed E-state index contributed by atoms with van der Waals surface area (Å²) in [6.45, 7) is 5.39. The number of rotatable bonds is 3. The molecule has 0 aliphatic carbocycles. The highest BCUT2D eigenvalue weighted by atomic mass is 35.5. The number of nitrogens with zero attached hydrogens (tertiary/aromatic N) is 2. The Bertz CT molecular complexity index is 717. The Hall–Kier alpha value is -2.05. The molecule has 6 nitrogen and oxygen atoms in total. The lowest BCUT2D eigenvalue weighted by atomic mass is 10.2. The smallest absolute Gasteiger partial charge is 0.412 e. The van der Waals surface area contributed by atoms with E-state index in [0.29, 0.717) is 22.2 Å². The standard InChI is InChI=1S/C15H16Cl2N4O2/c1-15(2,3)23-14(22)20-10-6-4-5-9(7-10)19-12-11(16)8-18-13(17)21-12/h4-8H,1-3H3,(H,20,22)(H,18,19,21). The highest BCUT2D eigenvalue weighted by Crippen LogP contribution is 2.25. The first-order valence-electron chi connectivity index (χ1n) is 6.78. The van der Waals surface area contributed by atoms with Crippen molar-refractivity contribution in [3.63, 3.8) is 0 Å². The molecule has 0 radical (unpaired) electrons. The molecule has 0 spiro atoms. The van der Waals surface area contributed by atoms with Gasteiger partial charge in [-0.2, -0.15) is 4.98 Å². The van der Waals surface area contributed by atoms with Gasteiger partial charge in [-0.05, 0) is 50.6 Å². The molecule has 0 unspecified atom stereocenters. The summed E-state index contributed by atoms with van der Waals surface area (Å²) < 4.78 is 5.21. The Morgan fingerprint density at radius 2 is 1.91 bits per heavy atom. The van der Waals surface area contributed by atoms with Gasteiger partial charge in [-0.15, -0.1) is 0 Å². The molecule has 0 bridgehead atoms. The quantitative estimate of drug-likeness (QED) is 0.768. The highest BCUT2D eigenvalue weighted by molar-refractivity contribution is 6.33. The molecule has 2 aromatic rings. The number of carbonyl (C=O) groups is 1. The Morgan fingerprint density at radius 3 is 2.61 bits per heavy atom. The molecule has 8 heteroatoms. The molecule has 1 heterocycles. The third-order valence-corrected chi connectivity index (χ3v) is 2.94. The van der Waals surface area contributed by atoms with Crippen LogP contribution in [-0.4, -0.2) is 21.7 Å². The molecule has 0 fully saturated rings. The van der Waals surface area contributed by atoms with E-state index in [1.54, 1.807) is 45.0 Å². The first-order valence-corrected chi connectivity index (χ1v) is 7.54. The first kappa shape index (κ1) is 17.3.